The minimum atomic E-state index is -3.67. The molecule has 6 nitrogen and oxygen atoms in total. The van der Waals surface area contributed by atoms with Crippen LogP contribution in [-0.2, 0) is 10.0 Å². The van der Waals surface area contributed by atoms with Crippen molar-refractivity contribution in [3.8, 4) is 0 Å². The molecule has 0 aromatic carbocycles. The fourth-order valence-corrected chi connectivity index (χ4v) is 4.49. The lowest BCUT2D eigenvalue weighted by atomic mass is 10.1. The van der Waals surface area contributed by atoms with Crippen LogP contribution in [0.25, 0.3) is 0 Å². The van der Waals surface area contributed by atoms with Gasteiger partial charge >= 0.3 is 0 Å². The number of rotatable bonds is 5. The summed E-state index contributed by atoms with van der Waals surface area (Å²) in [6.07, 6.45) is 2.89. The highest BCUT2D eigenvalue weighted by Gasteiger charge is 2.33. The third-order valence-electron chi connectivity index (χ3n) is 3.72. The standard InChI is InChI=1S/C13H20ClN3O3S/c1-16-6-3-11(4-7-16)17(8-9-18)21(19,20)12-2-5-15-13(14)10-12/h2,5,10-11,18H,3-4,6-9H2,1H3. The summed E-state index contributed by atoms with van der Waals surface area (Å²) in [5, 5.41) is 9.37. The molecular weight excluding hydrogens is 314 g/mol. The molecule has 0 radical (unpaired) electrons. The monoisotopic (exact) mass is 333 g/mol. The number of halogens is 1. The first kappa shape index (κ1) is 16.6. The summed E-state index contributed by atoms with van der Waals surface area (Å²) in [6, 6.07) is 2.68. The smallest absolute Gasteiger partial charge is 0.243 e. The summed E-state index contributed by atoms with van der Waals surface area (Å²) in [7, 11) is -1.65. The summed E-state index contributed by atoms with van der Waals surface area (Å²) in [5.74, 6) is 0. The number of pyridine rings is 1. The molecule has 1 aliphatic rings. The van der Waals surface area contributed by atoms with E-state index in [0.717, 1.165) is 25.9 Å². The number of sulfonamides is 1. The van der Waals surface area contributed by atoms with E-state index in [1.54, 1.807) is 0 Å². The molecule has 1 aromatic heterocycles. The molecule has 1 aromatic rings. The lowest BCUT2D eigenvalue weighted by Gasteiger charge is -2.36. The molecule has 8 heteroatoms. The average Bonchev–Trinajstić information content (AvgIpc) is 2.46. The van der Waals surface area contributed by atoms with Gasteiger partial charge in [-0.3, -0.25) is 0 Å². The van der Waals surface area contributed by atoms with Gasteiger partial charge in [-0.15, -0.1) is 0 Å². The lowest BCUT2D eigenvalue weighted by Crippen LogP contribution is -2.47. The fourth-order valence-electron chi connectivity index (χ4n) is 2.56. The summed E-state index contributed by atoms with van der Waals surface area (Å²) in [6.45, 7) is 1.58. The normalized spacial score (nSPS) is 18.3. The van der Waals surface area contributed by atoms with E-state index >= 15 is 0 Å². The predicted molar refractivity (Wildman–Crippen MR) is 80.7 cm³/mol. The Morgan fingerprint density at radius 1 is 1.48 bits per heavy atom. The Morgan fingerprint density at radius 2 is 2.14 bits per heavy atom. The Kier molecular flexibility index (Phi) is 5.56. The second kappa shape index (κ2) is 7.02. The molecular formula is C13H20ClN3O3S. The van der Waals surface area contributed by atoms with E-state index in [0.29, 0.717) is 0 Å². The molecule has 2 heterocycles. The molecule has 118 valence electrons. The maximum absolute atomic E-state index is 12.8. The van der Waals surface area contributed by atoms with E-state index in [1.165, 1.54) is 22.6 Å². The zero-order chi connectivity index (χ0) is 15.5. The van der Waals surface area contributed by atoms with E-state index < -0.39 is 10.0 Å². The first-order valence-electron chi connectivity index (χ1n) is 6.88. The Morgan fingerprint density at radius 3 is 2.71 bits per heavy atom. The number of nitrogens with zero attached hydrogens (tertiary/aromatic N) is 3. The number of aromatic nitrogens is 1. The highest BCUT2D eigenvalue weighted by Crippen LogP contribution is 2.24. The lowest BCUT2D eigenvalue weighted by molar-refractivity contribution is 0.161. The van der Waals surface area contributed by atoms with Crippen LogP contribution >= 0.6 is 11.6 Å². The number of aliphatic hydroxyl groups is 1. The maximum Gasteiger partial charge on any atom is 0.243 e. The Bertz CT molecular complexity index is 574. The van der Waals surface area contributed by atoms with E-state index in [-0.39, 0.29) is 29.2 Å². The van der Waals surface area contributed by atoms with Crippen molar-refractivity contribution in [1.29, 1.82) is 0 Å². The maximum atomic E-state index is 12.8. The van der Waals surface area contributed by atoms with Crippen molar-refractivity contribution in [2.75, 3.05) is 33.3 Å². The minimum Gasteiger partial charge on any atom is -0.395 e. The van der Waals surface area contributed by atoms with Gasteiger partial charge in [0.2, 0.25) is 10.0 Å². The Balaban J connectivity index is 2.28. The number of likely N-dealkylation sites (tertiary alicyclic amines) is 1. The van der Waals surface area contributed by atoms with Crippen LogP contribution in [0.5, 0.6) is 0 Å². The molecule has 1 N–H and O–H groups in total. The van der Waals surface area contributed by atoms with Crippen LogP contribution in [0.4, 0.5) is 0 Å². The highest BCUT2D eigenvalue weighted by atomic mass is 35.5. The van der Waals surface area contributed by atoms with Gasteiger partial charge in [-0.1, -0.05) is 11.6 Å². The molecule has 1 aliphatic heterocycles. The summed E-state index contributed by atoms with van der Waals surface area (Å²) in [5.41, 5.74) is 0. The van der Waals surface area contributed by atoms with Crippen LogP contribution in [0, 0.1) is 0 Å². The van der Waals surface area contributed by atoms with Crippen molar-refractivity contribution < 1.29 is 13.5 Å². The highest BCUT2D eigenvalue weighted by molar-refractivity contribution is 7.89. The van der Waals surface area contributed by atoms with E-state index in [9.17, 15) is 13.5 Å². The van der Waals surface area contributed by atoms with Crippen molar-refractivity contribution in [3.05, 3.63) is 23.5 Å². The molecule has 0 saturated carbocycles. The molecule has 0 bridgehead atoms. The number of hydrogen-bond acceptors (Lipinski definition) is 5. The number of piperidine rings is 1. The summed E-state index contributed by atoms with van der Waals surface area (Å²) < 4.78 is 26.9. The van der Waals surface area contributed by atoms with Crippen molar-refractivity contribution >= 4 is 21.6 Å². The van der Waals surface area contributed by atoms with E-state index in [2.05, 4.69) is 9.88 Å². The molecule has 21 heavy (non-hydrogen) atoms. The van der Waals surface area contributed by atoms with Crippen LogP contribution in [0.3, 0.4) is 0 Å². The fraction of sp³-hybridized carbons (Fsp3) is 0.615. The van der Waals surface area contributed by atoms with Gasteiger partial charge in [-0.05, 0) is 45.1 Å². The van der Waals surface area contributed by atoms with Gasteiger partial charge in [0.15, 0.2) is 0 Å². The second-order valence-corrected chi connectivity index (χ2v) is 7.47. The molecule has 1 saturated heterocycles. The van der Waals surface area contributed by atoms with Gasteiger partial charge in [0, 0.05) is 18.8 Å². The third-order valence-corrected chi connectivity index (χ3v) is 5.87. The molecule has 1 fully saturated rings. The van der Waals surface area contributed by atoms with Gasteiger partial charge in [0.25, 0.3) is 0 Å². The Labute approximate surface area is 130 Å². The van der Waals surface area contributed by atoms with Gasteiger partial charge in [0.05, 0.1) is 11.5 Å². The molecule has 0 unspecified atom stereocenters. The number of aliphatic hydroxyl groups excluding tert-OH is 1. The minimum absolute atomic E-state index is 0.0923. The second-order valence-electron chi connectivity index (χ2n) is 5.19. The van der Waals surface area contributed by atoms with Gasteiger partial charge in [-0.25, -0.2) is 13.4 Å². The summed E-state index contributed by atoms with van der Waals surface area (Å²) >= 11 is 5.79. The predicted octanol–water partition coefficient (Wildman–Crippen LogP) is 0.812. The van der Waals surface area contributed by atoms with Crippen LogP contribution in [0.15, 0.2) is 23.2 Å². The van der Waals surface area contributed by atoms with Crippen LogP contribution < -0.4 is 0 Å². The molecule has 2 rings (SSSR count). The first-order valence-corrected chi connectivity index (χ1v) is 8.70. The van der Waals surface area contributed by atoms with Crippen LogP contribution in [0.1, 0.15) is 12.8 Å². The topological polar surface area (TPSA) is 73.7 Å². The zero-order valence-electron chi connectivity index (χ0n) is 11.9. The molecule has 0 amide bonds. The van der Waals surface area contributed by atoms with E-state index in [1.807, 2.05) is 7.05 Å². The molecule has 0 spiro atoms. The van der Waals surface area contributed by atoms with Gasteiger partial charge < -0.3 is 10.0 Å². The Hall–Kier alpha value is -0.730. The largest absolute Gasteiger partial charge is 0.395 e. The quantitative estimate of drug-likeness (QED) is 0.807. The molecule has 0 atom stereocenters. The average molecular weight is 334 g/mol. The van der Waals surface area contributed by atoms with Gasteiger partial charge in [0.1, 0.15) is 5.15 Å². The van der Waals surface area contributed by atoms with Crippen molar-refractivity contribution in [2.24, 2.45) is 0 Å². The van der Waals surface area contributed by atoms with Crippen molar-refractivity contribution in [2.45, 2.75) is 23.8 Å². The van der Waals surface area contributed by atoms with Gasteiger partial charge in [-0.2, -0.15) is 4.31 Å². The van der Waals surface area contributed by atoms with Crippen LogP contribution in [-0.4, -0.2) is 67.0 Å². The zero-order valence-corrected chi connectivity index (χ0v) is 13.5. The van der Waals surface area contributed by atoms with Crippen molar-refractivity contribution in [3.63, 3.8) is 0 Å². The third kappa shape index (κ3) is 3.92. The SMILES string of the molecule is CN1CCC(N(CCO)S(=O)(=O)c2ccnc(Cl)c2)CC1. The van der Waals surface area contributed by atoms with E-state index in [4.69, 9.17) is 11.6 Å². The first-order chi connectivity index (χ1) is 9.95. The molecule has 0 aliphatic carbocycles. The van der Waals surface area contributed by atoms with Crippen LogP contribution in [0.2, 0.25) is 5.15 Å². The summed E-state index contributed by atoms with van der Waals surface area (Å²) in [4.78, 5) is 6.10. The number of hydrogen-bond donors (Lipinski definition) is 1. The van der Waals surface area contributed by atoms with Crippen molar-refractivity contribution in [1.82, 2.24) is 14.2 Å².